The number of benzene rings is 2. The first-order chi connectivity index (χ1) is 18.4. The van der Waals surface area contributed by atoms with Crippen LogP contribution in [-0.2, 0) is 0 Å². The van der Waals surface area contributed by atoms with Crippen LogP contribution in [-0.4, -0.2) is 62.2 Å². The van der Waals surface area contributed by atoms with E-state index in [2.05, 4.69) is 25.5 Å². The van der Waals surface area contributed by atoms with Crippen molar-refractivity contribution in [3.63, 3.8) is 0 Å². The van der Waals surface area contributed by atoms with Crippen molar-refractivity contribution in [3.05, 3.63) is 65.6 Å². The third-order valence-electron chi connectivity index (χ3n) is 6.50. The van der Waals surface area contributed by atoms with Gasteiger partial charge in [-0.1, -0.05) is 0 Å². The molecule has 200 valence electrons. The minimum Gasteiger partial charge on any atom is -0.497 e. The number of rotatable bonds is 9. The van der Waals surface area contributed by atoms with Crippen LogP contribution >= 0.6 is 0 Å². The van der Waals surface area contributed by atoms with Gasteiger partial charge in [-0.05, 0) is 62.1 Å². The molecule has 1 fully saturated rings. The second-order valence-corrected chi connectivity index (χ2v) is 9.07. The number of ether oxygens (including phenoxy) is 2. The molecular formula is C28H32FN5O4. The minimum atomic E-state index is -0.520. The monoisotopic (exact) mass is 521 g/mol. The van der Waals surface area contributed by atoms with E-state index in [9.17, 15) is 14.0 Å². The van der Waals surface area contributed by atoms with E-state index in [0.29, 0.717) is 47.5 Å². The number of hydrogen-bond acceptors (Lipinski definition) is 7. The average molecular weight is 522 g/mol. The number of halogens is 1. The highest BCUT2D eigenvalue weighted by atomic mass is 19.1. The van der Waals surface area contributed by atoms with Crippen LogP contribution in [0.15, 0.2) is 48.7 Å². The lowest BCUT2D eigenvalue weighted by atomic mass is 9.96. The molecule has 0 bridgehead atoms. The molecule has 2 aromatic carbocycles. The van der Waals surface area contributed by atoms with E-state index >= 15 is 0 Å². The van der Waals surface area contributed by atoms with Crippen LogP contribution in [0.4, 0.5) is 10.2 Å². The summed E-state index contributed by atoms with van der Waals surface area (Å²) in [6.45, 7) is 4.34. The maximum Gasteiger partial charge on any atom is 0.251 e. The van der Waals surface area contributed by atoms with Crippen LogP contribution in [0.3, 0.4) is 0 Å². The standard InChI is InChI=1S/C28H32FN5O4/c1-4-30-27(35)20-11-19(12-22(29)13-20)26-31-8-5-25(33-26)34-9-6-18(7-10-34)17-32-28(36)21-14-23(37-2)16-24(15-21)38-3/h5,8,11-16,18H,4,6-7,9-10,17H2,1-3H3,(H,30,35)(H,32,36). The van der Waals surface area contributed by atoms with Crippen LogP contribution < -0.4 is 25.0 Å². The molecular weight excluding hydrogens is 489 g/mol. The van der Waals surface area contributed by atoms with Gasteiger partial charge in [-0.3, -0.25) is 9.59 Å². The molecule has 0 spiro atoms. The van der Waals surface area contributed by atoms with Crippen molar-refractivity contribution in [2.75, 3.05) is 45.3 Å². The summed E-state index contributed by atoms with van der Waals surface area (Å²) in [6.07, 6.45) is 3.40. The first kappa shape index (κ1) is 26.8. The fourth-order valence-corrected chi connectivity index (χ4v) is 4.42. The summed E-state index contributed by atoms with van der Waals surface area (Å²) >= 11 is 0. The van der Waals surface area contributed by atoms with E-state index in [1.807, 2.05) is 6.07 Å². The predicted molar refractivity (Wildman–Crippen MR) is 142 cm³/mol. The fourth-order valence-electron chi connectivity index (χ4n) is 4.42. The zero-order chi connectivity index (χ0) is 27.1. The van der Waals surface area contributed by atoms with Crippen molar-refractivity contribution in [1.29, 1.82) is 0 Å². The molecule has 0 unspecified atom stereocenters. The highest BCUT2D eigenvalue weighted by Crippen LogP contribution is 2.26. The number of anilines is 1. The van der Waals surface area contributed by atoms with Crippen LogP contribution in [0, 0.1) is 11.7 Å². The van der Waals surface area contributed by atoms with Gasteiger partial charge in [0.2, 0.25) is 0 Å². The Kier molecular flexibility index (Phi) is 8.73. The summed E-state index contributed by atoms with van der Waals surface area (Å²) in [5, 5.41) is 5.70. The Morgan fingerprint density at radius 2 is 1.63 bits per heavy atom. The number of carbonyl (C=O) groups excluding carboxylic acids is 2. The van der Waals surface area contributed by atoms with Crippen LogP contribution in [0.1, 0.15) is 40.5 Å². The Balaban J connectivity index is 1.36. The fraction of sp³-hybridized carbons (Fsp3) is 0.357. The Hall–Kier alpha value is -4.21. The van der Waals surface area contributed by atoms with Gasteiger partial charge in [0.05, 0.1) is 14.2 Å². The summed E-state index contributed by atoms with van der Waals surface area (Å²) in [5.41, 5.74) is 1.16. The van der Waals surface area contributed by atoms with Gasteiger partial charge in [0, 0.05) is 55.1 Å². The van der Waals surface area contributed by atoms with E-state index in [-0.39, 0.29) is 17.4 Å². The first-order valence-corrected chi connectivity index (χ1v) is 12.6. The van der Waals surface area contributed by atoms with Gasteiger partial charge < -0.3 is 25.0 Å². The number of nitrogens with one attached hydrogen (secondary N) is 2. The molecule has 2 amide bonds. The zero-order valence-corrected chi connectivity index (χ0v) is 21.8. The Labute approximate surface area is 221 Å². The second-order valence-electron chi connectivity index (χ2n) is 9.07. The predicted octanol–water partition coefficient (Wildman–Crippen LogP) is 3.70. The van der Waals surface area contributed by atoms with Gasteiger partial charge in [-0.15, -0.1) is 0 Å². The number of hydrogen-bond donors (Lipinski definition) is 2. The lowest BCUT2D eigenvalue weighted by molar-refractivity contribution is 0.0940. The Bertz CT molecular complexity index is 1270. The van der Waals surface area contributed by atoms with Crippen molar-refractivity contribution < 1.29 is 23.5 Å². The number of piperidine rings is 1. The maximum atomic E-state index is 14.2. The molecule has 3 aromatic rings. The minimum absolute atomic E-state index is 0.174. The van der Waals surface area contributed by atoms with Crippen molar-refractivity contribution in [1.82, 2.24) is 20.6 Å². The van der Waals surface area contributed by atoms with E-state index in [1.54, 1.807) is 51.6 Å². The summed E-state index contributed by atoms with van der Waals surface area (Å²) in [7, 11) is 3.10. The molecule has 0 atom stereocenters. The summed E-state index contributed by atoms with van der Waals surface area (Å²) < 4.78 is 24.7. The van der Waals surface area contributed by atoms with Crippen molar-refractivity contribution >= 4 is 17.6 Å². The average Bonchev–Trinajstić information content (AvgIpc) is 2.95. The molecule has 1 saturated heterocycles. The third kappa shape index (κ3) is 6.56. The summed E-state index contributed by atoms with van der Waals surface area (Å²) in [4.78, 5) is 36.0. The Morgan fingerprint density at radius 1 is 0.974 bits per heavy atom. The van der Waals surface area contributed by atoms with E-state index in [0.717, 1.165) is 31.7 Å². The molecule has 0 aliphatic carbocycles. The third-order valence-corrected chi connectivity index (χ3v) is 6.50. The molecule has 10 heteroatoms. The maximum absolute atomic E-state index is 14.2. The number of methoxy groups -OCH3 is 2. The SMILES string of the molecule is CCNC(=O)c1cc(F)cc(-c2nccc(N3CCC(CNC(=O)c4cc(OC)cc(OC)c4)CC3)n2)c1. The van der Waals surface area contributed by atoms with Crippen molar-refractivity contribution in [2.24, 2.45) is 5.92 Å². The Morgan fingerprint density at radius 3 is 2.29 bits per heavy atom. The summed E-state index contributed by atoms with van der Waals surface area (Å²) in [5.74, 6) is 1.51. The largest absolute Gasteiger partial charge is 0.497 e. The van der Waals surface area contributed by atoms with Crippen LogP contribution in [0.2, 0.25) is 0 Å². The van der Waals surface area contributed by atoms with Crippen molar-refractivity contribution in [2.45, 2.75) is 19.8 Å². The normalized spacial score (nSPS) is 13.6. The molecule has 9 nitrogen and oxygen atoms in total. The lowest BCUT2D eigenvalue weighted by Gasteiger charge is -2.33. The van der Waals surface area contributed by atoms with Crippen LogP contribution in [0.25, 0.3) is 11.4 Å². The van der Waals surface area contributed by atoms with Crippen LogP contribution in [0.5, 0.6) is 11.5 Å². The molecule has 1 aliphatic rings. The first-order valence-electron chi connectivity index (χ1n) is 12.6. The molecule has 1 aromatic heterocycles. The number of nitrogens with zero attached hydrogens (tertiary/aromatic N) is 3. The molecule has 2 heterocycles. The second kappa shape index (κ2) is 12.4. The highest BCUT2D eigenvalue weighted by molar-refractivity contribution is 5.95. The number of carbonyl (C=O) groups is 2. The van der Waals surface area contributed by atoms with E-state index < -0.39 is 5.82 Å². The highest BCUT2D eigenvalue weighted by Gasteiger charge is 2.22. The number of amides is 2. The molecule has 4 rings (SSSR count). The summed E-state index contributed by atoms with van der Waals surface area (Å²) in [6, 6.07) is 11.0. The van der Waals surface area contributed by atoms with Gasteiger partial charge in [-0.25, -0.2) is 14.4 Å². The quantitative estimate of drug-likeness (QED) is 0.442. The zero-order valence-electron chi connectivity index (χ0n) is 21.8. The van der Waals surface area contributed by atoms with Gasteiger partial charge in [0.25, 0.3) is 11.8 Å². The molecule has 1 aliphatic heterocycles. The van der Waals surface area contributed by atoms with Gasteiger partial charge in [0.1, 0.15) is 23.1 Å². The van der Waals surface area contributed by atoms with Gasteiger partial charge >= 0.3 is 0 Å². The lowest BCUT2D eigenvalue weighted by Crippen LogP contribution is -2.39. The molecule has 0 radical (unpaired) electrons. The molecule has 2 N–H and O–H groups in total. The number of aromatic nitrogens is 2. The molecule has 38 heavy (non-hydrogen) atoms. The van der Waals surface area contributed by atoms with E-state index in [4.69, 9.17) is 9.47 Å². The van der Waals surface area contributed by atoms with E-state index in [1.165, 1.54) is 12.1 Å². The topological polar surface area (TPSA) is 106 Å². The van der Waals surface area contributed by atoms with Gasteiger partial charge in [-0.2, -0.15) is 0 Å². The smallest absolute Gasteiger partial charge is 0.251 e. The molecule has 0 saturated carbocycles. The van der Waals surface area contributed by atoms with Gasteiger partial charge in [0.15, 0.2) is 5.82 Å². The van der Waals surface area contributed by atoms with Crippen molar-refractivity contribution in [3.8, 4) is 22.9 Å².